The fraction of sp³-hybridized carbons (Fsp3) is 0.222. The van der Waals surface area contributed by atoms with Crippen molar-refractivity contribution in [3.8, 4) is 11.3 Å². The summed E-state index contributed by atoms with van der Waals surface area (Å²) in [7, 11) is -3.65. The van der Waals surface area contributed by atoms with Crippen LogP contribution in [0.3, 0.4) is 0 Å². The fourth-order valence-electron chi connectivity index (χ4n) is 3.09. The van der Waals surface area contributed by atoms with Crippen LogP contribution in [0.2, 0.25) is 0 Å². The van der Waals surface area contributed by atoms with Gasteiger partial charge in [-0.25, -0.2) is 13.4 Å². The van der Waals surface area contributed by atoms with E-state index in [1.165, 1.54) is 15.6 Å². The van der Waals surface area contributed by atoms with Crippen LogP contribution in [0.25, 0.3) is 11.3 Å². The predicted octanol–water partition coefficient (Wildman–Crippen LogP) is 4.43. The van der Waals surface area contributed by atoms with Crippen molar-refractivity contribution >= 4 is 59.7 Å². The number of amides is 1. The van der Waals surface area contributed by atoms with Gasteiger partial charge in [-0.2, -0.15) is 4.31 Å². The Labute approximate surface area is 179 Å². The number of aromatic nitrogens is 1. The average molecular weight is 498 g/mol. The monoisotopic (exact) mass is 497 g/mol. The van der Waals surface area contributed by atoms with Gasteiger partial charge < -0.3 is 5.32 Å². The van der Waals surface area contributed by atoms with Gasteiger partial charge in [-0.15, -0.1) is 22.7 Å². The van der Waals surface area contributed by atoms with Crippen molar-refractivity contribution in [3.05, 3.63) is 51.6 Å². The van der Waals surface area contributed by atoms with Gasteiger partial charge in [0.25, 0.3) is 10.0 Å². The van der Waals surface area contributed by atoms with Crippen LogP contribution < -0.4 is 5.32 Å². The topological polar surface area (TPSA) is 79.4 Å². The fourth-order valence-corrected chi connectivity index (χ4v) is 6.85. The summed E-state index contributed by atoms with van der Waals surface area (Å²) in [5.74, 6) is -0.339. The lowest BCUT2D eigenvalue weighted by atomic mass is 10.2. The zero-order chi connectivity index (χ0) is 19.7. The van der Waals surface area contributed by atoms with Gasteiger partial charge in [0, 0.05) is 22.0 Å². The summed E-state index contributed by atoms with van der Waals surface area (Å²) in [5.41, 5.74) is 1.71. The number of carbonyl (C=O) groups is 1. The molecule has 10 heteroatoms. The van der Waals surface area contributed by atoms with Crippen LogP contribution in [0, 0.1) is 0 Å². The summed E-state index contributed by atoms with van der Waals surface area (Å²) in [4.78, 5) is 17.2. The van der Waals surface area contributed by atoms with Gasteiger partial charge in [-0.3, -0.25) is 4.79 Å². The zero-order valence-electron chi connectivity index (χ0n) is 14.5. The first-order valence-corrected chi connectivity index (χ1v) is 12.5. The average Bonchev–Trinajstić information content (AvgIpc) is 3.43. The lowest BCUT2D eigenvalue weighted by molar-refractivity contribution is -0.119. The standard InChI is InChI=1S/C18H16BrN3O3S3/c19-13-7-5-12(6-8-13)14-11-27-18(20-14)21-17(23)15-3-1-9-22(15)28(24,25)16-4-2-10-26-16/h2,4-8,10-11,15H,1,3,9H2,(H,20,21,23). The molecule has 0 saturated carbocycles. The maximum Gasteiger partial charge on any atom is 0.253 e. The van der Waals surface area contributed by atoms with Gasteiger partial charge >= 0.3 is 0 Å². The summed E-state index contributed by atoms with van der Waals surface area (Å²) < 4.78 is 28.2. The molecule has 1 amide bonds. The second kappa shape index (κ2) is 8.03. The number of benzene rings is 1. The van der Waals surface area contributed by atoms with E-state index in [2.05, 4.69) is 26.2 Å². The number of sulfonamides is 1. The quantitative estimate of drug-likeness (QED) is 0.565. The van der Waals surface area contributed by atoms with Crippen LogP contribution in [0.4, 0.5) is 5.13 Å². The molecule has 6 nitrogen and oxygen atoms in total. The number of anilines is 1. The minimum absolute atomic E-state index is 0.263. The van der Waals surface area contributed by atoms with E-state index in [9.17, 15) is 13.2 Å². The number of hydrogen-bond acceptors (Lipinski definition) is 6. The number of carbonyl (C=O) groups excluding carboxylic acids is 1. The van der Waals surface area contributed by atoms with E-state index in [1.54, 1.807) is 17.5 Å². The Morgan fingerprint density at radius 3 is 2.71 bits per heavy atom. The highest BCUT2D eigenvalue weighted by atomic mass is 79.9. The molecule has 1 N–H and O–H groups in total. The van der Waals surface area contributed by atoms with E-state index in [4.69, 9.17) is 0 Å². The molecule has 28 heavy (non-hydrogen) atoms. The Hall–Kier alpha value is -1.59. The molecule has 1 aliphatic heterocycles. The number of hydrogen-bond donors (Lipinski definition) is 1. The molecule has 4 rings (SSSR count). The maximum atomic E-state index is 12.8. The molecule has 1 saturated heterocycles. The number of thiophene rings is 1. The first-order chi connectivity index (χ1) is 13.4. The smallest absolute Gasteiger partial charge is 0.253 e. The molecular formula is C18H16BrN3O3S3. The molecule has 1 fully saturated rings. The van der Waals surface area contributed by atoms with Crippen molar-refractivity contribution in [2.24, 2.45) is 0 Å². The van der Waals surface area contributed by atoms with E-state index in [1.807, 2.05) is 29.6 Å². The third-order valence-electron chi connectivity index (χ3n) is 4.44. The van der Waals surface area contributed by atoms with Crippen molar-refractivity contribution in [2.75, 3.05) is 11.9 Å². The highest BCUT2D eigenvalue weighted by Gasteiger charge is 2.40. The molecule has 2 aromatic heterocycles. The van der Waals surface area contributed by atoms with Crippen molar-refractivity contribution in [1.29, 1.82) is 0 Å². The van der Waals surface area contributed by atoms with Crippen LogP contribution in [0.1, 0.15) is 12.8 Å². The summed E-state index contributed by atoms with van der Waals surface area (Å²) in [6.45, 7) is 0.348. The van der Waals surface area contributed by atoms with Gasteiger partial charge in [0.15, 0.2) is 5.13 Å². The second-order valence-corrected chi connectivity index (χ2v) is 11.1. The number of nitrogens with zero attached hydrogens (tertiary/aromatic N) is 2. The third-order valence-corrected chi connectivity index (χ3v) is 9.01. The molecule has 3 aromatic rings. The molecule has 3 heterocycles. The molecule has 1 atom stereocenters. The predicted molar refractivity (Wildman–Crippen MR) is 115 cm³/mol. The number of rotatable bonds is 5. The van der Waals surface area contributed by atoms with Gasteiger partial charge in [0.05, 0.1) is 5.69 Å². The van der Waals surface area contributed by atoms with E-state index in [-0.39, 0.29) is 10.1 Å². The van der Waals surface area contributed by atoms with Gasteiger partial charge in [-0.05, 0) is 36.4 Å². The molecule has 1 aromatic carbocycles. The summed E-state index contributed by atoms with van der Waals surface area (Å²) in [6.07, 6.45) is 1.16. The third kappa shape index (κ3) is 3.92. The second-order valence-electron chi connectivity index (χ2n) is 6.24. The molecule has 0 spiro atoms. The lowest BCUT2D eigenvalue weighted by Crippen LogP contribution is -2.42. The summed E-state index contributed by atoms with van der Waals surface area (Å²) in [5, 5.41) is 6.84. The van der Waals surface area contributed by atoms with E-state index >= 15 is 0 Å². The zero-order valence-corrected chi connectivity index (χ0v) is 18.6. The Kier molecular flexibility index (Phi) is 5.66. The molecule has 146 valence electrons. The Bertz CT molecular complexity index is 1080. The van der Waals surface area contributed by atoms with Gasteiger partial charge in [0.2, 0.25) is 5.91 Å². The Morgan fingerprint density at radius 1 is 1.21 bits per heavy atom. The minimum atomic E-state index is -3.65. The number of halogens is 1. The van der Waals surface area contributed by atoms with Gasteiger partial charge in [0.1, 0.15) is 10.3 Å². The first kappa shape index (κ1) is 19.7. The van der Waals surface area contributed by atoms with E-state index in [0.717, 1.165) is 27.1 Å². The molecule has 1 unspecified atom stereocenters. The molecule has 1 aliphatic rings. The van der Waals surface area contributed by atoms with Crippen molar-refractivity contribution < 1.29 is 13.2 Å². The van der Waals surface area contributed by atoms with Crippen LogP contribution >= 0.6 is 38.6 Å². The number of thiazole rings is 1. The Morgan fingerprint density at radius 2 is 2.00 bits per heavy atom. The SMILES string of the molecule is O=C(Nc1nc(-c2ccc(Br)cc2)cs1)C1CCCN1S(=O)(=O)c1cccs1. The van der Waals surface area contributed by atoms with Crippen molar-refractivity contribution in [1.82, 2.24) is 9.29 Å². The van der Waals surface area contributed by atoms with E-state index in [0.29, 0.717) is 24.5 Å². The summed E-state index contributed by atoms with van der Waals surface area (Å²) >= 11 is 5.88. The van der Waals surface area contributed by atoms with Crippen LogP contribution in [-0.4, -0.2) is 36.2 Å². The van der Waals surface area contributed by atoms with E-state index < -0.39 is 16.1 Å². The van der Waals surface area contributed by atoms with Crippen molar-refractivity contribution in [2.45, 2.75) is 23.1 Å². The highest BCUT2D eigenvalue weighted by Crippen LogP contribution is 2.30. The highest BCUT2D eigenvalue weighted by molar-refractivity contribution is 9.10. The first-order valence-electron chi connectivity index (χ1n) is 8.53. The number of nitrogens with one attached hydrogen (secondary N) is 1. The lowest BCUT2D eigenvalue weighted by Gasteiger charge is -2.22. The molecular weight excluding hydrogens is 482 g/mol. The van der Waals surface area contributed by atoms with Crippen LogP contribution in [-0.2, 0) is 14.8 Å². The van der Waals surface area contributed by atoms with Crippen molar-refractivity contribution in [3.63, 3.8) is 0 Å². The largest absolute Gasteiger partial charge is 0.301 e. The van der Waals surface area contributed by atoms with Gasteiger partial charge in [-0.1, -0.05) is 34.1 Å². The van der Waals surface area contributed by atoms with Crippen LogP contribution in [0.5, 0.6) is 0 Å². The molecule has 0 bridgehead atoms. The Balaban J connectivity index is 1.50. The normalized spacial score (nSPS) is 17.7. The maximum absolute atomic E-state index is 12.8. The molecule has 0 aliphatic carbocycles. The molecule has 0 radical (unpaired) electrons. The summed E-state index contributed by atoms with van der Waals surface area (Å²) in [6, 6.07) is 10.3. The minimum Gasteiger partial charge on any atom is -0.301 e. The van der Waals surface area contributed by atoms with Crippen LogP contribution in [0.15, 0.2) is 55.8 Å².